The normalized spacial score (nSPS) is 17.1. The molecule has 1 fully saturated rings. The number of ether oxygens (including phenoxy) is 1. The lowest BCUT2D eigenvalue weighted by Gasteiger charge is -2.13. The van der Waals surface area contributed by atoms with Gasteiger partial charge in [0, 0.05) is 28.8 Å². The third kappa shape index (κ3) is 4.57. The van der Waals surface area contributed by atoms with E-state index >= 15 is 0 Å². The number of fused-ring (bicyclic) bond motifs is 1. The lowest BCUT2D eigenvalue weighted by molar-refractivity contribution is -0.139. The molecule has 2 aromatic carbocycles. The largest absolute Gasteiger partial charge is 0.491 e. The fourth-order valence-electron chi connectivity index (χ4n) is 4.79. The van der Waals surface area contributed by atoms with Gasteiger partial charge < -0.3 is 19.5 Å². The molecule has 4 aromatic rings. The van der Waals surface area contributed by atoms with Crippen LogP contribution in [-0.4, -0.2) is 37.8 Å². The summed E-state index contributed by atoms with van der Waals surface area (Å²) in [5, 5.41) is 20.3. The molecule has 0 amide bonds. The first kappa shape index (κ1) is 25.3. The number of aromatic nitrogens is 2. The minimum Gasteiger partial charge on any atom is -0.491 e. The number of nitrogens with zero attached hydrogens (tertiary/aromatic N) is 2. The van der Waals surface area contributed by atoms with Crippen LogP contribution in [0, 0.1) is 5.92 Å². The molecule has 0 aliphatic heterocycles. The van der Waals surface area contributed by atoms with E-state index in [0.29, 0.717) is 39.9 Å². The molecule has 2 unspecified atom stereocenters. The minimum absolute atomic E-state index is 0.0468. The van der Waals surface area contributed by atoms with Crippen molar-refractivity contribution in [1.82, 2.24) is 9.55 Å². The van der Waals surface area contributed by atoms with Crippen LogP contribution in [-0.2, 0) is 11.0 Å². The number of carboxylic acid groups (broad SMARTS) is 2. The summed E-state index contributed by atoms with van der Waals surface area (Å²) >= 11 is 0. The van der Waals surface area contributed by atoms with Gasteiger partial charge in [0.1, 0.15) is 11.4 Å². The Hall–Kier alpha value is -4.34. The second kappa shape index (κ2) is 9.20. The summed E-state index contributed by atoms with van der Waals surface area (Å²) in [7, 11) is 0. The standard InChI is InChI=1S/C28H23F3N2O5/c1-14(2)38-18-7-5-17(6-8-18)33-23-10-3-15(22-9-4-16(13-32-22)28(29,30)31)11-21(23)24(25(33)27(36)37)19-12-20(19)26(34)35/h3-11,13-14,19-20H,12H2,1-2H3,(H,34,35)(H,36,37). The molecule has 1 aliphatic rings. The highest BCUT2D eigenvalue weighted by Gasteiger charge is 2.48. The highest BCUT2D eigenvalue weighted by Crippen LogP contribution is 2.52. The van der Waals surface area contributed by atoms with Gasteiger partial charge in [-0.1, -0.05) is 6.07 Å². The summed E-state index contributed by atoms with van der Waals surface area (Å²) < 4.78 is 46.2. The molecule has 5 rings (SSSR count). The summed E-state index contributed by atoms with van der Waals surface area (Å²) in [6.07, 6.45) is -3.53. The van der Waals surface area contributed by atoms with Crippen molar-refractivity contribution in [3.8, 4) is 22.7 Å². The quantitative estimate of drug-likeness (QED) is 0.291. The topological polar surface area (TPSA) is 102 Å². The number of carbonyl (C=O) groups is 2. The van der Waals surface area contributed by atoms with E-state index in [-0.39, 0.29) is 17.5 Å². The van der Waals surface area contributed by atoms with Crippen LogP contribution in [0.5, 0.6) is 5.75 Å². The van der Waals surface area contributed by atoms with Gasteiger partial charge in [-0.15, -0.1) is 0 Å². The van der Waals surface area contributed by atoms with E-state index in [2.05, 4.69) is 4.98 Å². The molecule has 0 bridgehead atoms. The number of rotatable bonds is 7. The maximum Gasteiger partial charge on any atom is 0.417 e. The number of halogens is 3. The lowest BCUT2D eigenvalue weighted by Crippen LogP contribution is -2.10. The Morgan fingerprint density at radius 3 is 2.29 bits per heavy atom. The molecule has 1 aliphatic carbocycles. The fourth-order valence-corrected chi connectivity index (χ4v) is 4.79. The van der Waals surface area contributed by atoms with Gasteiger partial charge in [0.25, 0.3) is 0 Å². The Morgan fingerprint density at radius 2 is 1.76 bits per heavy atom. The van der Waals surface area contributed by atoms with Gasteiger partial charge >= 0.3 is 18.1 Å². The molecular formula is C28H23F3N2O5. The zero-order chi connectivity index (χ0) is 27.4. The molecule has 0 radical (unpaired) electrons. The molecule has 38 heavy (non-hydrogen) atoms. The molecule has 2 N–H and O–H groups in total. The maximum absolute atomic E-state index is 13.0. The molecular weight excluding hydrogens is 501 g/mol. The molecule has 0 spiro atoms. The summed E-state index contributed by atoms with van der Waals surface area (Å²) in [6, 6.07) is 14.1. The highest BCUT2D eigenvalue weighted by molar-refractivity contribution is 6.02. The van der Waals surface area contributed by atoms with Gasteiger partial charge in [-0.05, 0) is 74.4 Å². The van der Waals surface area contributed by atoms with Crippen molar-refractivity contribution in [2.24, 2.45) is 5.92 Å². The van der Waals surface area contributed by atoms with Gasteiger partial charge in [-0.25, -0.2) is 4.79 Å². The first-order valence-corrected chi connectivity index (χ1v) is 11.9. The molecule has 0 saturated heterocycles. The highest BCUT2D eigenvalue weighted by atomic mass is 19.4. The van der Waals surface area contributed by atoms with E-state index in [4.69, 9.17) is 4.74 Å². The van der Waals surface area contributed by atoms with Crippen LogP contribution in [0.2, 0.25) is 0 Å². The maximum atomic E-state index is 13.0. The van der Waals surface area contributed by atoms with Crippen molar-refractivity contribution in [2.75, 3.05) is 0 Å². The Bertz CT molecular complexity index is 1540. The van der Waals surface area contributed by atoms with Crippen LogP contribution in [0.15, 0.2) is 60.8 Å². The number of hydrogen-bond donors (Lipinski definition) is 2. The van der Waals surface area contributed by atoms with E-state index in [1.165, 1.54) is 6.07 Å². The van der Waals surface area contributed by atoms with Crippen LogP contribution >= 0.6 is 0 Å². The van der Waals surface area contributed by atoms with Gasteiger partial charge in [0.15, 0.2) is 0 Å². The summed E-state index contributed by atoms with van der Waals surface area (Å²) in [6.45, 7) is 3.78. The van der Waals surface area contributed by atoms with Gasteiger partial charge in [0.05, 0.1) is 28.8 Å². The van der Waals surface area contributed by atoms with Crippen LogP contribution in [0.4, 0.5) is 13.2 Å². The molecule has 2 atom stereocenters. The van der Waals surface area contributed by atoms with Gasteiger partial charge in [-0.3, -0.25) is 9.78 Å². The molecule has 2 heterocycles. The summed E-state index contributed by atoms with van der Waals surface area (Å²) in [5.41, 5.74) is 1.28. The Kier molecular flexibility index (Phi) is 6.13. The number of aromatic carboxylic acids is 1. The third-order valence-electron chi connectivity index (χ3n) is 6.54. The number of alkyl halides is 3. The second-order valence-corrected chi connectivity index (χ2v) is 9.51. The number of benzene rings is 2. The van der Waals surface area contributed by atoms with E-state index in [1.807, 2.05) is 13.8 Å². The van der Waals surface area contributed by atoms with Crippen molar-refractivity contribution in [2.45, 2.75) is 38.5 Å². The number of hydrogen-bond acceptors (Lipinski definition) is 4. The van der Waals surface area contributed by atoms with Gasteiger partial charge in [0.2, 0.25) is 0 Å². The minimum atomic E-state index is -4.52. The Labute approximate surface area is 215 Å². The Balaban J connectivity index is 1.69. The number of aliphatic carboxylic acids is 1. The first-order valence-electron chi connectivity index (χ1n) is 11.9. The molecule has 10 heteroatoms. The van der Waals surface area contributed by atoms with E-state index < -0.39 is 35.5 Å². The number of pyridine rings is 1. The SMILES string of the molecule is CC(C)Oc1ccc(-n2c(C(=O)O)c(C3CC3C(=O)O)c3cc(-c4ccc(C(F)(F)F)cn4)ccc32)cc1. The predicted octanol–water partition coefficient (Wildman–Crippen LogP) is 6.38. The molecule has 196 valence electrons. The Morgan fingerprint density at radius 1 is 1.05 bits per heavy atom. The third-order valence-corrected chi connectivity index (χ3v) is 6.54. The zero-order valence-corrected chi connectivity index (χ0v) is 20.4. The van der Waals surface area contributed by atoms with E-state index in [0.717, 1.165) is 12.3 Å². The van der Waals surface area contributed by atoms with Crippen molar-refractivity contribution >= 4 is 22.8 Å². The van der Waals surface area contributed by atoms with Crippen molar-refractivity contribution in [3.63, 3.8) is 0 Å². The molecule has 1 saturated carbocycles. The summed E-state index contributed by atoms with van der Waals surface area (Å²) in [4.78, 5) is 28.2. The molecule has 2 aromatic heterocycles. The van der Waals surface area contributed by atoms with Crippen LogP contribution in [0.25, 0.3) is 27.8 Å². The van der Waals surface area contributed by atoms with E-state index in [9.17, 15) is 33.0 Å². The smallest absolute Gasteiger partial charge is 0.417 e. The second-order valence-electron chi connectivity index (χ2n) is 9.51. The van der Waals surface area contributed by atoms with Crippen molar-refractivity contribution in [1.29, 1.82) is 0 Å². The zero-order valence-electron chi connectivity index (χ0n) is 20.4. The van der Waals surface area contributed by atoms with Crippen LogP contribution < -0.4 is 4.74 Å². The predicted molar refractivity (Wildman–Crippen MR) is 133 cm³/mol. The van der Waals surface area contributed by atoms with Crippen molar-refractivity contribution < 1.29 is 37.7 Å². The number of carboxylic acids is 2. The monoisotopic (exact) mass is 524 g/mol. The average molecular weight is 524 g/mol. The molecule has 7 nitrogen and oxygen atoms in total. The fraction of sp³-hybridized carbons (Fsp3) is 0.250. The van der Waals surface area contributed by atoms with E-state index in [1.54, 1.807) is 47.0 Å². The van der Waals surface area contributed by atoms with Crippen LogP contribution in [0.1, 0.15) is 47.8 Å². The summed E-state index contributed by atoms with van der Waals surface area (Å²) in [5.74, 6) is -2.85. The van der Waals surface area contributed by atoms with Gasteiger partial charge in [-0.2, -0.15) is 13.2 Å². The van der Waals surface area contributed by atoms with Crippen LogP contribution in [0.3, 0.4) is 0 Å². The average Bonchev–Trinajstić information content (AvgIpc) is 3.58. The lowest BCUT2D eigenvalue weighted by atomic mass is 10.0. The van der Waals surface area contributed by atoms with Crippen molar-refractivity contribution in [3.05, 3.63) is 77.6 Å². The first-order chi connectivity index (χ1) is 18.0.